The smallest absolute Gasteiger partial charge is 0.230 e. The SMILES string of the molecule is Cc1ccc(-c2ccc3ncnc(Oc4cccc(O)c4)c3c2)cc1. The van der Waals surface area contributed by atoms with E-state index in [-0.39, 0.29) is 5.75 Å². The Kier molecular flexibility index (Phi) is 3.78. The van der Waals surface area contributed by atoms with Crippen LogP contribution in [0.25, 0.3) is 22.0 Å². The van der Waals surface area contributed by atoms with Crippen LogP contribution >= 0.6 is 0 Å². The quantitative estimate of drug-likeness (QED) is 0.568. The summed E-state index contributed by atoms with van der Waals surface area (Å²) in [7, 11) is 0. The zero-order valence-electron chi connectivity index (χ0n) is 13.7. The van der Waals surface area contributed by atoms with Crippen LogP contribution in [0.1, 0.15) is 5.56 Å². The molecule has 0 spiro atoms. The molecule has 4 rings (SSSR count). The second-order valence-corrected chi connectivity index (χ2v) is 5.88. The Bertz CT molecular complexity index is 1040. The maximum absolute atomic E-state index is 9.61. The van der Waals surface area contributed by atoms with Crippen molar-refractivity contribution in [3.63, 3.8) is 0 Å². The molecule has 0 saturated heterocycles. The van der Waals surface area contributed by atoms with Gasteiger partial charge in [-0.15, -0.1) is 0 Å². The third-order valence-corrected chi connectivity index (χ3v) is 4.02. The minimum Gasteiger partial charge on any atom is -0.508 e. The number of phenols is 1. The van der Waals surface area contributed by atoms with Gasteiger partial charge >= 0.3 is 0 Å². The molecular formula is C21H16N2O2. The fourth-order valence-electron chi connectivity index (χ4n) is 2.70. The van der Waals surface area contributed by atoms with E-state index >= 15 is 0 Å². The Morgan fingerprint density at radius 3 is 2.44 bits per heavy atom. The number of hydrogen-bond donors (Lipinski definition) is 1. The number of phenolic OH excluding ortho intramolecular Hbond substituents is 1. The standard InChI is InChI=1S/C21H16N2O2/c1-14-5-7-15(8-6-14)16-9-10-20-19(11-16)21(23-13-22-20)25-18-4-2-3-17(24)12-18/h2-13,24H,1H3. The highest BCUT2D eigenvalue weighted by Gasteiger charge is 2.09. The highest BCUT2D eigenvalue weighted by molar-refractivity contribution is 5.88. The second-order valence-electron chi connectivity index (χ2n) is 5.88. The second kappa shape index (κ2) is 6.24. The topological polar surface area (TPSA) is 55.2 Å². The minimum absolute atomic E-state index is 0.149. The molecule has 1 N–H and O–H groups in total. The number of aryl methyl sites for hydroxylation is 1. The third kappa shape index (κ3) is 3.15. The van der Waals surface area contributed by atoms with E-state index in [2.05, 4.69) is 41.2 Å². The lowest BCUT2D eigenvalue weighted by Crippen LogP contribution is -1.92. The van der Waals surface area contributed by atoms with Gasteiger partial charge < -0.3 is 9.84 Å². The highest BCUT2D eigenvalue weighted by Crippen LogP contribution is 2.31. The van der Waals surface area contributed by atoms with E-state index in [0.717, 1.165) is 22.0 Å². The van der Waals surface area contributed by atoms with Gasteiger partial charge in [-0.25, -0.2) is 9.97 Å². The van der Waals surface area contributed by atoms with E-state index < -0.39 is 0 Å². The molecule has 3 aromatic carbocycles. The Balaban J connectivity index is 1.79. The van der Waals surface area contributed by atoms with Crippen LogP contribution in [0.15, 0.2) is 73.1 Å². The van der Waals surface area contributed by atoms with E-state index in [9.17, 15) is 5.11 Å². The van der Waals surface area contributed by atoms with Crippen molar-refractivity contribution in [3.05, 3.63) is 78.6 Å². The van der Waals surface area contributed by atoms with Gasteiger partial charge in [0, 0.05) is 6.07 Å². The number of ether oxygens (including phenoxy) is 1. The molecule has 0 fully saturated rings. The van der Waals surface area contributed by atoms with Crippen molar-refractivity contribution < 1.29 is 9.84 Å². The van der Waals surface area contributed by atoms with Gasteiger partial charge in [-0.2, -0.15) is 0 Å². The first kappa shape index (κ1) is 15.1. The van der Waals surface area contributed by atoms with Crippen LogP contribution < -0.4 is 4.74 Å². The summed E-state index contributed by atoms with van der Waals surface area (Å²) in [4.78, 5) is 8.58. The molecule has 0 atom stereocenters. The maximum atomic E-state index is 9.61. The molecule has 122 valence electrons. The number of benzene rings is 3. The first-order chi connectivity index (χ1) is 12.2. The van der Waals surface area contributed by atoms with Crippen molar-refractivity contribution in [1.82, 2.24) is 9.97 Å². The summed E-state index contributed by atoms with van der Waals surface area (Å²) in [6.07, 6.45) is 1.48. The predicted octanol–water partition coefficient (Wildman–Crippen LogP) is 5.10. The molecule has 0 amide bonds. The largest absolute Gasteiger partial charge is 0.508 e. The first-order valence-corrected chi connectivity index (χ1v) is 7.98. The fraction of sp³-hybridized carbons (Fsp3) is 0.0476. The van der Waals surface area contributed by atoms with E-state index in [1.54, 1.807) is 24.3 Å². The highest BCUT2D eigenvalue weighted by atomic mass is 16.5. The average Bonchev–Trinajstić information content (AvgIpc) is 2.62. The summed E-state index contributed by atoms with van der Waals surface area (Å²) in [5.74, 6) is 1.14. The van der Waals surface area contributed by atoms with E-state index in [4.69, 9.17) is 4.74 Å². The number of fused-ring (bicyclic) bond motifs is 1. The van der Waals surface area contributed by atoms with Gasteiger partial charge in [-0.1, -0.05) is 42.0 Å². The molecule has 0 saturated carbocycles. The van der Waals surface area contributed by atoms with Gasteiger partial charge in [0.15, 0.2) is 0 Å². The summed E-state index contributed by atoms with van der Waals surface area (Å²) >= 11 is 0. The normalized spacial score (nSPS) is 10.8. The van der Waals surface area contributed by atoms with E-state index in [1.165, 1.54) is 11.9 Å². The van der Waals surface area contributed by atoms with E-state index in [0.29, 0.717) is 11.6 Å². The maximum Gasteiger partial charge on any atom is 0.230 e. The molecule has 0 unspecified atom stereocenters. The molecule has 4 aromatic rings. The Hall–Kier alpha value is -3.40. The zero-order valence-corrected chi connectivity index (χ0v) is 13.7. The van der Waals surface area contributed by atoms with Gasteiger partial charge in [-0.3, -0.25) is 0 Å². The predicted molar refractivity (Wildman–Crippen MR) is 97.9 cm³/mol. The monoisotopic (exact) mass is 328 g/mol. The van der Waals surface area contributed by atoms with Crippen molar-refractivity contribution in [2.24, 2.45) is 0 Å². The lowest BCUT2D eigenvalue weighted by atomic mass is 10.0. The number of aromatic hydroxyl groups is 1. The van der Waals surface area contributed by atoms with Crippen LogP contribution in [-0.2, 0) is 0 Å². The summed E-state index contributed by atoms with van der Waals surface area (Å²) < 4.78 is 5.87. The van der Waals surface area contributed by atoms with Crippen LogP contribution in [-0.4, -0.2) is 15.1 Å². The van der Waals surface area contributed by atoms with Crippen LogP contribution in [0.5, 0.6) is 17.4 Å². The lowest BCUT2D eigenvalue weighted by molar-refractivity contribution is 0.448. The van der Waals surface area contributed by atoms with Gasteiger partial charge in [0.1, 0.15) is 17.8 Å². The Morgan fingerprint density at radius 1 is 0.840 bits per heavy atom. The molecule has 1 aromatic heterocycles. The molecular weight excluding hydrogens is 312 g/mol. The molecule has 4 nitrogen and oxygen atoms in total. The number of hydrogen-bond acceptors (Lipinski definition) is 4. The van der Waals surface area contributed by atoms with Gasteiger partial charge in [0.05, 0.1) is 10.9 Å². The number of nitrogens with zero attached hydrogens (tertiary/aromatic N) is 2. The van der Waals surface area contributed by atoms with Crippen LogP contribution in [0.4, 0.5) is 0 Å². The van der Waals surface area contributed by atoms with Gasteiger partial charge in [-0.05, 0) is 42.3 Å². The van der Waals surface area contributed by atoms with Gasteiger partial charge in [0.2, 0.25) is 5.88 Å². The Labute approximate surface area is 145 Å². The molecule has 25 heavy (non-hydrogen) atoms. The van der Waals surface area contributed by atoms with E-state index in [1.807, 2.05) is 18.2 Å². The van der Waals surface area contributed by atoms with Crippen LogP contribution in [0.2, 0.25) is 0 Å². The number of rotatable bonds is 3. The van der Waals surface area contributed by atoms with Crippen molar-refractivity contribution in [2.45, 2.75) is 6.92 Å². The molecule has 1 heterocycles. The van der Waals surface area contributed by atoms with Crippen molar-refractivity contribution in [1.29, 1.82) is 0 Å². The van der Waals surface area contributed by atoms with Crippen molar-refractivity contribution >= 4 is 10.9 Å². The van der Waals surface area contributed by atoms with Crippen LogP contribution in [0, 0.1) is 6.92 Å². The summed E-state index contributed by atoms with van der Waals surface area (Å²) in [5, 5.41) is 10.4. The molecule has 4 heteroatoms. The molecule has 0 aliphatic heterocycles. The molecule has 0 bridgehead atoms. The zero-order chi connectivity index (χ0) is 17.2. The lowest BCUT2D eigenvalue weighted by Gasteiger charge is -2.09. The Morgan fingerprint density at radius 2 is 1.64 bits per heavy atom. The third-order valence-electron chi connectivity index (χ3n) is 4.02. The van der Waals surface area contributed by atoms with Crippen molar-refractivity contribution in [3.8, 4) is 28.5 Å². The van der Waals surface area contributed by atoms with Crippen LogP contribution in [0.3, 0.4) is 0 Å². The van der Waals surface area contributed by atoms with Crippen molar-refractivity contribution in [2.75, 3.05) is 0 Å². The fourth-order valence-corrected chi connectivity index (χ4v) is 2.70. The van der Waals surface area contributed by atoms with Gasteiger partial charge in [0.25, 0.3) is 0 Å². The number of aromatic nitrogens is 2. The summed E-state index contributed by atoms with van der Waals surface area (Å²) in [5.41, 5.74) is 4.23. The summed E-state index contributed by atoms with van der Waals surface area (Å²) in [6, 6.07) is 21.0. The molecule has 0 aliphatic carbocycles. The molecule has 0 aliphatic rings. The molecule has 0 radical (unpaired) electrons. The minimum atomic E-state index is 0.149. The first-order valence-electron chi connectivity index (χ1n) is 7.98. The summed E-state index contributed by atoms with van der Waals surface area (Å²) in [6.45, 7) is 2.07. The average molecular weight is 328 g/mol.